The van der Waals surface area contributed by atoms with Gasteiger partial charge >= 0.3 is 0 Å². The largest absolute Gasteiger partial charge is 0.507 e. The minimum atomic E-state index is 0.182. The minimum absolute atomic E-state index is 0.182. The Morgan fingerprint density at radius 2 is 1.46 bits per heavy atom. The van der Waals surface area contributed by atoms with E-state index < -0.39 is 0 Å². The van der Waals surface area contributed by atoms with Gasteiger partial charge in [0, 0.05) is 17.3 Å². The van der Waals surface area contributed by atoms with Crippen molar-refractivity contribution >= 4 is 12.2 Å². The summed E-state index contributed by atoms with van der Waals surface area (Å²) in [5.41, 5.74) is 5.03. The summed E-state index contributed by atoms with van der Waals surface area (Å²) in [7, 11) is 0. The van der Waals surface area contributed by atoms with Crippen molar-refractivity contribution in [3.8, 4) is 28.3 Å². The number of phenols is 1. The molecule has 1 aromatic heterocycles. The number of nitrogens with zero attached hydrogens (tertiary/aromatic N) is 3. The van der Waals surface area contributed by atoms with Crippen LogP contribution in [0.1, 0.15) is 11.1 Å². The zero-order chi connectivity index (χ0) is 19.3. The van der Waals surface area contributed by atoms with Crippen LogP contribution in [0.5, 0.6) is 5.75 Å². The Morgan fingerprint density at radius 3 is 2.21 bits per heavy atom. The lowest BCUT2D eigenvalue weighted by Crippen LogP contribution is -1.93. The maximum atomic E-state index is 10.3. The van der Waals surface area contributed by atoms with Crippen LogP contribution in [-0.4, -0.2) is 21.3 Å². The van der Waals surface area contributed by atoms with Gasteiger partial charge in [-0.05, 0) is 30.7 Å². The van der Waals surface area contributed by atoms with E-state index in [1.807, 2.05) is 85.8 Å². The zero-order valence-corrected chi connectivity index (χ0v) is 15.4. The fourth-order valence-electron chi connectivity index (χ4n) is 2.91. The summed E-state index contributed by atoms with van der Waals surface area (Å²) in [6.07, 6.45) is 1.74. The second-order valence-corrected chi connectivity index (χ2v) is 6.49. The van der Waals surface area contributed by atoms with E-state index in [9.17, 15) is 5.11 Å². The Kier molecular flexibility index (Phi) is 4.93. The van der Waals surface area contributed by atoms with Gasteiger partial charge in [0.2, 0.25) is 5.95 Å². The van der Waals surface area contributed by atoms with Gasteiger partial charge in [0.15, 0.2) is 0 Å². The van der Waals surface area contributed by atoms with Crippen molar-refractivity contribution in [2.45, 2.75) is 6.92 Å². The maximum absolute atomic E-state index is 10.3. The molecule has 3 aromatic carbocycles. The molecular weight excluding hydrogens is 346 g/mol. The Bertz CT molecular complexity index is 1120. The average Bonchev–Trinajstić information content (AvgIpc) is 2.75. The lowest BCUT2D eigenvalue weighted by molar-refractivity contribution is 0.477. The van der Waals surface area contributed by atoms with Gasteiger partial charge in [-0.15, -0.1) is 0 Å². The molecule has 0 atom stereocenters. The summed E-state index contributed by atoms with van der Waals surface area (Å²) >= 11 is 0. The third-order valence-corrected chi connectivity index (χ3v) is 4.34. The third-order valence-electron chi connectivity index (χ3n) is 4.34. The fraction of sp³-hybridized carbons (Fsp3) is 0.0417. The van der Waals surface area contributed by atoms with Crippen LogP contribution in [0.25, 0.3) is 22.5 Å². The van der Waals surface area contributed by atoms with Gasteiger partial charge in [0.1, 0.15) is 5.75 Å². The van der Waals surface area contributed by atoms with E-state index in [1.54, 1.807) is 12.3 Å². The van der Waals surface area contributed by atoms with Crippen LogP contribution in [0.4, 0.5) is 5.95 Å². The molecule has 0 saturated heterocycles. The second kappa shape index (κ2) is 7.84. The van der Waals surface area contributed by atoms with Crippen LogP contribution in [0.3, 0.4) is 0 Å². The topological polar surface area (TPSA) is 58.4 Å². The van der Waals surface area contributed by atoms with Crippen molar-refractivity contribution in [3.05, 3.63) is 96.1 Å². The zero-order valence-electron chi connectivity index (χ0n) is 15.4. The average molecular weight is 365 g/mol. The van der Waals surface area contributed by atoms with Crippen LogP contribution in [0.2, 0.25) is 0 Å². The number of aromatic nitrogens is 2. The number of benzene rings is 3. The Morgan fingerprint density at radius 1 is 0.786 bits per heavy atom. The highest BCUT2D eigenvalue weighted by molar-refractivity contribution is 5.81. The van der Waals surface area contributed by atoms with Crippen molar-refractivity contribution in [2.24, 2.45) is 4.99 Å². The van der Waals surface area contributed by atoms with Crippen LogP contribution in [0, 0.1) is 6.92 Å². The van der Waals surface area contributed by atoms with Gasteiger partial charge in [-0.3, -0.25) is 0 Å². The number of aromatic hydroxyl groups is 1. The molecule has 0 spiro atoms. The highest BCUT2D eigenvalue weighted by atomic mass is 16.3. The molecule has 0 bridgehead atoms. The summed E-state index contributed by atoms with van der Waals surface area (Å²) < 4.78 is 0. The number of phenolic OH excluding ortho intramolecular Hbond substituents is 1. The molecule has 4 nitrogen and oxygen atoms in total. The maximum Gasteiger partial charge on any atom is 0.250 e. The summed E-state index contributed by atoms with van der Waals surface area (Å²) in [6.45, 7) is 1.98. The predicted octanol–water partition coefficient (Wildman–Crippen LogP) is 5.58. The van der Waals surface area contributed by atoms with Gasteiger partial charge in [0.25, 0.3) is 0 Å². The van der Waals surface area contributed by atoms with Crippen LogP contribution in [0.15, 0.2) is 89.9 Å². The molecule has 136 valence electrons. The SMILES string of the molecule is Cc1ccc(O)c(-c2cc(-c3ccccc3)nc(N=Cc3ccccc3)n2)c1. The molecule has 0 radical (unpaired) electrons. The first-order valence-corrected chi connectivity index (χ1v) is 9.03. The van der Waals surface area contributed by atoms with Gasteiger partial charge in [-0.25, -0.2) is 15.0 Å². The number of aryl methyl sites for hydroxylation is 1. The van der Waals surface area contributed by atoms with E-state index in [-0.39, 0.29) is 5.75 Å². The van der Waals surface area contributed by atoms with Gasteiger partial charge in [-0.1, -0.05) is 72.3 Å². The number of hydrogen-bond donors (Lipinski definition) is 1. The normalized spacial score (nSPS) is 11.0. The third kappa shape index (κ3) is 3.96. The molecule has 0 saturated carbocycles. The summed E-state index contributed by atoms with van der Waals surface area (Å²) in [4.78, 5) is 13.7. The number of rotatable bonds is 4. The molecule has 0 aliphatic carbocycles. The molecule has 0 aliphatic heterocycles. The Labute approximate surface area is 163 Å². The van der Waals surface area contributed by atoms with E-state index in [2.05, 4.69) is 15.0 Å². The van der Waals surface area contributed by atoms with Gasteiger partial charge < -0.3 is 5.11 Å². The molecule has 0 unspecified atom stereocenters. The molecule has 4 aromatic rings. The molecular formula is C24H19N3O. The Hall–Kier alpha value is -3.79. The minimum Gasteiger partial charge on any atom is -0.507 e. The monoisotopic (exact) mass is 365 g/mol. The predicted molar refractivity (Wildman–Crippen MR) is 113 cm³/mol. The molecule has 0 aliphatic rings. The molecule has 0 amide bonds. The van der Waals surface area contributed by atoms with Crippen LogP contribution in [-0.2, 0) is 0 Å². The first-order chi connectivity index (χ1) is 13.7. The van der Waals surface area contributed by atoms with E-state index in [0.717, 1.165) is 22.4 Å². The van der Waals surface area contributed by atoms with E-state index in [4.69, 9.17) is 0 Å². The standard InChI is InChI=1S/C24H19N3O/c1-17-12-13-23(28)20(14-17)22-15-21(19-10-6-3-7-11-19)26-24(27-22)25-16-18-8-4-2-5-9-18/h2-16,28H,1H3. The summed E-state index contributed by atoms with van der Waals surface area (Å²) in [5, 5.41) is 10.3. The van der Waals surface area contributed by atoms with Crippen molar-refractivity contribution in [1.29, 1.82) is 0 Å². The first kappa shape index (κ1) is 17.6. The van der Waals surface area contributed by atoms with Crippen molar-refractivity contribution in [2.75, 3.05) is 0 Å². The van der Waals surface area contributed by atoms with Crippen LogP contribution < -0.4 is 0 Å². The van der Waals surface area contributed by atoms with Crippen molar-refractivity contribution < 1.29 is 5.11 Å². The lowest BCUT2D eigenvalue weighted by atomic mass is 10.0. The lowest BCUT2D eigenvalue weighted by Gasteiger charge is -2.09. The second-order valence-electron chi connectivity index (χ2n) is 6.49. The molecule has 1 heterocycles. The quantitative estimate of drug-likeness (QED) is 0.481. The van der Waals surface area contributed by atoms with E-state index >= 15 is 0 Å². The molecule has 4 rings (SSSR count). The van der Waals surface area contributed by atoms with Gasteiger partial charge in [0.05, 0.1) is 11.4 Å². The summed E-state index contributed by atoms with van der Waals surface area (Å²) in [5.74, 6) is 0.530. The van der Waals surface area contributed by atoms with Crippen LogP contribution >= 0.6 is 0 Å². The van der Waals surface area contributed by atoms with Gasteiger partial charge in [-0.2, -0.15) is 0 Å². The van der Waals surface area contributed by atoms with Crippen molar-refractivity contribution in [3.63, 3.8) is 0 Å². The molecule has 28 heavy (non-hydrogen) atoms. The highest BCUT2D eigenvalue weighted by Gasteiger charge is 2.11. The smallest absolute Gasteiger partial charge is 0.250 e. The van der Waals surface area contributed by atoms with Crippen molar-refractivity contribution in [1.82, 2.24) is 9.97 Å². The number of aliphatic imine (C=N–C) groups is 1. The Balaban J connectivity index is 1.84. The molecule has 4 heteroatoms. The highest BCUT2D eigenvalue weighted by Crippen LogP contribution is 2.32. The fourth-order valence-corrected chi connectivity index (χ4v) is 2.91. The molecule has 1 N–H and O–H groups in total. The van der Waals surface area contributed by atoms with E-state index in [0.29, 0.717) is 17.2 Å². The molecule has 0 fully saturated rings. The first-order valence-electron chi connectivity index (χ1n) is 9.03. The summed E-state index contributed by atoms with van der Waals surface area (Å²) in [6, 6.07) is 27.0. The number of hydrogen-bond acceptors (Lipinski definition) is 4. The van der Waals surface area contributed by atoms with E-state index in [1.165, 1.54) is 0 Å².